The van der Waals surface area contributed by atoms with Gasteiger partial charge in [-0.2, -0.15) is 0 Å². The number of fused-ring (bicyclic) bond motifs is 1. The van der Waals surface area contributed by atoms with Gasteiger partial charge in [0.05, 0.1) is 5.66 Å². The summed E-state index contributed by atoms with van der Waals surface area (Å²) in [5.74, 6) is 0. The summed E-state index contributed by atoms with van der Waals surface area (Å²) in [5, 5.41) is 3.81. The molecule has 3 rings (SSSR count). The minimum absolute atomic E-state index is 0.249. The van der Waals surface area contributed by atoms with Crippen molar-refractivity contribution >= 4 is 0 Å². The lowest BCUT2D eigenvalue weighted by molar-refractivity contribution is 0.0909. The first kappa shape index (κ1) is 10.3. The number of hydrogen-bond donors (Lipinski definition) is 1. The fourth-order valence-corrected chi connectivity index (χ4v) is 3.15. The molecule has 0 bridgehead atoms. The van der Waals surface area contributed by atoms with E-state index < -0.39 is 0 Å². The van der Waals surface area contributed by atoms with Crippen LogP contribution < -0.4 is 5.32 Å². The second-order valence-corrected chi connectivity index (χ2v) is 5.28. The molecule has 2 aliphatic heterocycles. The van der Waals surface area contributed by atoms with Gasteiger partial charge < -0.3 is 0 Å². The van der Waals surface area contributed by atoms with Crippen LogP contribution in [0.3, 0.4) is 0 Å². The summed E-state index contributed by atoms with van der Waals surface area (Å²) in [6, 6.07) is 11.4. The highest BCUT2D eigenvalue weighted by atomic mass is 15.4. The van der Waals surface area contributed by atoms with Crippen molar-refractivity contribution in [2.75, 3.05) is 13.1 Å². The Bertz CT molecular complexity index is 362. The molecule has 2 unspecified atom stereocenters. The highest BCUT2D eigenvalue weighted by molar-refractivity contribution is 5.21. The smallest absolute Gasteiger partial charge is 0.0689 e. The normalized spacial score (nSPS) is 34.9. The summed E-state index contributed by atoms with van der Waals surface area (Å²) in [7, 11) is 0. The molecule has 2 heterocycles. The Hall–Kier alpha value is -0.860. The van der Waals surface area contributed by atoms with Crippen LogP contribution in [0.25, 0.3) is 0 Å². The van der Waals surface area contributed by atoms with Crippen molar-refractivity contribution in [3.8, 4) is 0 Å². The Morgan fingerprint density at radius 3 is 2.81 bits per heavy atom. The molecule has 1 aromatic carbocycles. The Balaban J connectivity index is 1.82. The quantitative estimate of drug-likeness (QED) is 0.776. The van der Waals surface area contributed by atoms with Crippen molar-refractivity contribution in [1.82, 2.24) is 10.2 Å². The first-order chi connectivity index (χ1) is 7.78. The highest BCUT2D eigenvalue weighted by Gasteiger charge is 2.42. The molecule has 0 aromatic heterocycles. The van der Waals surface area contributed by atoms with Gasteiger partial charge in [0.2, 0.25) is 0 Å². The average molecular weight is 216 g/mol. The fourth-order valence-electron chi connectivity index (χ4n) is 3.15. The van der Waals surface area contributed by atoms with E-state index in [0.29, 0.717) is 6.04 Å². The van der Waals surface area contributed by atoms with Crippen LogP contribution in [-0.4, -0.2) is 23.7 Å². The van der Waals surface area contributed by atoms with Crippen LogP contribution in [0, 0.1) is 0 Å². The van der Waals surface area contributed by atoms with Crippen molar-refractivity contribution in [1.29, 1.82) is 0 Å². The summed E-state index contributed by atoms with van der Waals surface area (Å²) in [6.45, 7) is 4.78. The van der Waals surface area contributed by atoms with Crippen LogP contribution in [0.5, 0.6) is 0 Å². The molecule has 0 saturated carbocycles. The van der Waals surface area contributed by atoms with Crippen LogP contribution in [-0.2, 0) is 0 Å². The van der Waals surface area contributed by atoms with Crippen molar-refractivity contribution in [3.05, 3.63) is 35.9 Å². The van der Waals surface area contributed by atoms with Crippen molar-refractivity contribution in [2.45, 2.75) is 37.9 Å². The lowest BCUT2D eigenvalue weighted by Crippen LogP contribution is -2.51. The van der Waals surface area contributed by atoms with Crippen LogP contribution in [0.1, 0.15) is 37.8 Å². The first-order valence-corrected chi connectivity index (χ1v) is 6.36. The number of rotatable bonds is 1. The van der Waals surface area contributed by atoms with Gasteiger partial charge in [0.1, 0.15) is 0 Å². The second-order valence-electron chi connectivity index (χ2n) is 5.28. The summed E-state index contributed by atoms with van der Waals surface area (Å²) >= 11 is 0. The molecule has 2 saturated heterocycles. The molecule has 16 heavy (non-hydrogen) atoms. The number of piperidine rings is 1. The first-order valence-electron chi connectivity index (χ1n) is 6.36. The van der Waals surface area contributed by atoms with E-state index in [0.717, 1.165) is 0 Å². The molecule has 2 aliphatic rings. The summed E-state index contributed by atoms with van der Waals surface area (Å²) < 4.78 is 0. The SMILES string of the molecule is CC12CCCCN1CC(c1ccccc1)N2. The summed E-state index contributed by atoms with van der Waals surface area (Å²) in [6.07, 6.45) is 4.01. The van der Waals surface area contributed by atoms with Gasteiger partial charge in [-0.25, -0.2) is 0 Å². The van der Waals surface area contributed by atoms with Crippen LogP contribution in [0.15, 0.2) is 30.3 Å². The molecule has 0 spiro atoms. The molecule has 1 N–H and O–H groups in total. The van der Waals surface area contributed by atoms with Gasteiger partial charge in [0.25, 0.3) is 0 Å². The fraction of sp³-hybridized carbons (Fsp3) is 0.571. The maximum Gasteiger partial charge on any atom is 0.0689 e. The third-order valence-corrected chi connectivity index (χ3v) is 4.13. The van der Waals surface area contributed by atoms with E-state index in [9.17, 15) is 0 Å². The van der Waals surface area contributed by atoms with E-state index in [2.05, 4.69) is 47.5 Å². The topological polar surface area (TPSA) is 15.3 Å². The van der Waals surface area contributed by atoms with Gasteiger partial charge in [-0.1, -0.05) is 30.3 Å². The molecule has 2 atom stereocenters. The standard InChI is InChI=1S/C14H20N2/c1-14-9-5-6-10-16(14)11-13(15-14)12-7-3-2-4-8-12/h2-4,7-8,13,15H,5-6,9-11H2,1H3. The molecule has 86 valence electrons. The number of nitrogens with zero attached hydrogens (tertiary/aromatic N) is 1. The zero-order valence-corrected chi connectivity index (χ0v) is 9.95. The molecule has 2 fully saturated rings. The number of hydrogen-bond acceptors (Lipinski definition) is 2. The van der Waals surface area contributed by atoms with E-state index in [1.807, 2.05) is 0 Å². The van der Waals surface area contributed by atoms with Crippen LogP contribution >= 0.6 is 0 Å². The van der Waals surface area contributed by atoms with Crippen molar-refractivity contribution < 1.29 is 0 Å². The summed E-state index contributed by atoms with van der Waals surface area (Å²) in [4.78, 5) is 2.62. The average Bonchev–Trinajstić information content (AvgIpc) is 2.67. The summed E-state index contributed by atoms with van der Waals surface area (Å²) in [5.41, 5.74) is 1.68. The lowest BCUT2D eigenvalue weighted by Gasteiger charge is -2.39. The lowest BCUT2D eigenvalue weighted by atomic mass is 9.99. The van der Waals surface area contributed by atoms with Crippen molar-refractivity contribution in [2.24, 2.45) is 0 Å². The van der Waals surface area contributed by atoms with Gasteiger partial charge in [0, 0.05) is 12.6 Å². The Labute approximate surface area is 97.6 Å². The van der Waals surface area contributed by atoms with Gasteiger partial charge in [-0.3, -0.25) is 10.2 Å². The van der Waals surface area contributed by atoms with E-state index in [4.69, 9.17) is 0 Å². The molecular formula is C14H20N2. The maximum atomic E-state index is 3.81. The molecule has 2 nitrogen and oxygen atoms in total. The number of benzene rings is 1. The zero-order valence-electron chi connectivity index (χ0n) is 9.95. The molecule has 0 radical (unpaired) electrons. The highest BCUT2D eigenvalue weighted by Crippen LogP contribution is 2.35. The maximum absolute atomic E-state index is 3.81. The Morgan fingerprint density at radius 2 is 2.06 bits per heavy atom. The molecule has 2 heteroatoms. The third kappa shape index (κ3) is 1.66. The molecule has 1 aromatic rings. The number of nitrogens with one attached hydrogen (secondary N) is 1. The molecule has 0 amide bonds. The van der Waals surface area contributed by atoms with E-state index in [1.54, 1.807) is 0 Å². The van der Waals surface area contributed by atoms with Gasteiger partial charge in [-0.15, -0.1) is 0 Å². The second kappa shape index (κ2) is 3.86. The van der Waals surface area contributed by atoms with Crippen molar-refractivity contribution in [3.63, 3.8) is 0 Å². The minimum atomic E-state index is 0.249. The third-order valence-electron chi connectivity index (χ3n) is 4.13. The van der Waals surface area contributed by atoms with Gasteiger partial charge in [0.15, 0.2) is 0 Å². The minimum Gasteiger partial charge on any atom is -0.291 e. The Morgan fingerprint density at radius 1 is 1.25 bits per heavy atom. The van der Waals surface area contributed by atoms with E-state index >= 15 is 0 Å². The molecular weight excluding hydrogens is 196 g/mol. The van der Waals surface area contributed by atoms with E-state index in [1.165, 1.54) is 37.9 Å². The van der Waals surface area contributed by atoms with Crippen LogP contribution in [0.4, 0.5) is 0 Å². The molecule has 0 aliphatic carbocycles. The van der Waals surface area contributed by atoms with Crippen LogP contribution in [0.2, 0.25) is 0 Å². The predicted octanol–water partition coefficient (Wildman–Crippen LogP) is 2.53. The van der Waals surface area contributed by atoms with Gasteiger partial charge in [-0.05, 0) is 38.3 Å². The zero-order chi connectivity index (χ0) is 11.0. The predicted molar refractivity (Wildman–Crippen MR) is 66.1 cm³/mol. The Kier molecular flexibility index (Phi) is 2.49. The van der Waals surface area contributed by atoms with Gasteiger partial charge >= 0.3 is 0 Å². The van der Waals surface area contributed by atoms with E-state index in [-0.39, 0.29) is 5.66 Å². The monoisotopic (exact) mass is 216 g/mol. The largest absolute Gasteiger partial charge is 0.291 e.